The molecule has 1 fully saturated rings. The molecule has 0 bridgehead atoms. The van der Waals surface area contributed by atoms with E-state index >= 15 is 0 Å². The van der Waals surface area contributed by atoms with E-state index in [1.165, 1.54) is 6.07 Å². The van der Waals surface area contributed by atoms with Crippen LogP contribution in [0.3, 0.4) is 0 Å². The van der Waals surface area contributed by atoms with Crippen LogP contribution in [-0.4, -0.2) is 30.9 Å². The Morgan fingerprint density at radius 2 is 1.90 bits per heavy atom. The molecule has 1 aliphatic rings. The van der Waals surface area contributed by atoms with E-state index in [-0.39, 0.29) is 18.9 Å². The SMILES string of the molecule is Cc1ccc(C)c(N2C[C@@H](C(=O)OCC(=O)Nc3ccc(Cl)c(Cl)c3)CC2=O)c1. The van der Waals surface area contributed by atoms with E-state index in [9.17, 15) is 14.4 Å². The Morgan fingerprint density at radius 1 is 1.14 bits per heavy atom. The molecule has 3 rings (SSSR count). The summed E-state index contributed by atoms with van der Waals surface area (Å²) in [6.07, 6.45) is 0.0562. The number of nitrogens with one attached hydrogen (secondary N) is 1. The maximum absolute atomic E-state index is 12.4. The van der Waals surface area contributed by atoms with Crippen LogP contribution in [0.15, 0.2) is 36.4 Å². The number of esters is 1. The minimum atomic E-state index is -0.611. The first kappa shape index (κ1) is 21.1. The third-order valence-corrected chi connectivity index (χ3v) is 5.40. The molecule has 2 aromatic carbocycles. The molecule has 152 valence electrons. The lowest BCUT2D eigenvalue weighted by Gasteiger charge is -2.19. The average Bonchev–Trinajstić information content (AvgIpc) is 3.06. The number of rotatable bonds is 5. The summed E-state index contributed by atoms with van der Waals surface area (Å²) >= 11 is 11.7. The van der Waals surface area contributed by atoms with Gasteiger partial charge in [0, 0.05) is 24.3 Å². The van der Waals surface area contributed by atoms with E-state index < -0.39 is 24.4 Å². The lowest BCUT2D eigenvalue weighted by molar-refractivity contribution is -0.151. The number of halogens is 2. The molecular weight excluding hydrogens is 415 g/mol. The van der Waals surface area contributed by atoms with Crippen molar-refractivity contribution >= 4 is 52.4 Å². The van der Waals surface area contributed by atoms with Crippen LogP contribution >= 0.6 is 23.2 Å². The number of hydrogen-bond acceptors (Lipinski definition) is 4. The summed E-state index contributed by atoms with van der Waals surface area (Å²) in [6.45, 7) is 3.65. The molecule has 0 radical (unpaired) electrons. The number of carbonyl (C=O) groups excluding carboxylic acids is 3. The van der Waals surface area contributed by atoms with Gasteiger partial charge < -0.3 is 15.0 Å². The molecule has 1 aliphatic heterocycles. The number of benzene rings is 2. The van der Waals surface area contributed by atoms with E-state index in [1.807, 2.05) is 32.0 Å². The average molecular weight is 435 g/mol. The summed E-state index contributed by atoms with van der Waals surface area (Å²) in [5.41, 5.74) is 3.22. The largest absolute Gasteiger partial charge is 0.455 e. The van der Waals surface area contributed by atoms with Gasteiger partial charge in [-0.05, 0) is 49.2 Å². The number of amides is 2. The summed E-state index contributed by atoms with van der Waals surface area (Å²) in [7, 11) is 0. The Balaban J connectivity index is 1.56. The lowest BCUT2D eigenvalue weighted by atomic mass is 10.1. The van der Waals surface area contributed by atoms with E-state index in [4.69, 9.17) is 27.9 Å². The van der Waals surface area contributed by atoms with Crippen LogP contribution in [0.4, 0.5) is 11.4 Å². The summed E-state index contributed by atoms with van der Waals surface area (Å²) in [5.74, 6) is -1.83. The van der Waals surface area contributed by atoms with Crippen molar-refractivity contribution < 1.29 is 19.1 Å². The standard InChI is InChI=1S/C21H20Cl2N2O4/c1-12-3-4-13(2)18(7-12)25-10-14(8-20(25)27)21(28)29-11-19(26)24-15-5-6-16(22)17(23)9-15/h3-7,9,14H,8,10-11H2,1-2H3,(H,24,26)/t14-/m0/s1. The van der Waals surface area contributed by atoms with Gasteiger partial charge in [0.1, 0.15) is 0 Å². The number of hydrogen-bond donors (Lipinski definition) is 1. The Hall–Kier alpha value is -2.57. The van der Waals surface area contributed by atoms with Gasteiger partial charge in [-0.3, -0.25) is 14.4 Å². The predicted octanol–water partition coefficient (Wildman–Crippen LogP) is 4.15. The van der Waals surface area contributed by atoms with Crippen molar-refractivity contribution in [2.24, 2.45) is 5.92 Å². The van der Waals surface area contributed by atoms with Crippen molar-refractivity contribution in [3.63, 3.8) is 0 Å². The first-order valence-corrected chi connectivity index (χ1v) is 9.79. The van der Waals surface area contributed by atoms with Gasteiger partial charge in [-0.15, -0.1) is 0 Å². The molecule has 1 N–H and O–H groups in total. The van der Waals surface area contributed by atoms with Gasteiger partial charge in [0.2, 0.25) is 5.91 Å². The van der Waals surface area contributed by atoms with Crippen molar-refractivity contribution in [3.8, 4) is 0 Å². The number of anilines is 2. The first-order chi connectivity index (χ1) is 13.7. The Bertz CT molecular complexity index is 977. The van der Waals surface area contributed by atoms with Crippen molar-refractivity contribution in [2.75, 3.05) is 23.4 Å². The van der Waals surface area contributed by atoms with Crippen LogP contribution in [0.25, 0.3) is 0 Å². The van der Waals surface area contributed by atoms with Gasteiger partial charge in [0.25, 0.3) is 5.91 Å². The zero-order valence-corrected chi connectivity index (χ0v) is 17.5. The molecule has 0 saturated carbocycles. The third kappa shape index (κ3) is 5.08. The van der Waals surface area contributed by atoms with Crippen molar-refractivity contribution in [1.82, 2.24) is 0 Å². The molecule has 1 atom stereocenters. The second-order valence-corrected chi connectivity index (χ2v) is 7.79. The highest BCUT2D eigenvalue weighted by Gasteiger charge is 2.36. The molecule has 0 aromatic heterocycles. The van der Waals surface area contributed by atoms with Crippen LogP contribution in [0.1, 0.15) is 17.5 Å². The predicted molar refractivity (Wildman–Crippen MR) is 112 cm³/mol. The molecule has 2 aromatic rings. The Morgan fingerprint density at radius 3 is 2.62 bits per heavy atom. The van der Waals surface area contributed by atoms with E-state index in [2.05, 4.69) is 5.32 Å². The molecule has 2 amide bonds. The highest BCUT2D eigenvalue weighted by molar-refractivity contribution is 6.42. The van der Waals surface area contributed by atoms with Gasteiger partial charge in [0.15, 0.2) is 6.61 Å². The molecule has 1 heterocycles. The van der Waals surface area contributed by atoms with Gasteiger partial charge in [0.05, 0.1) is 16.0 Å². The molecule has 1 saturated heterocycles. The highest BCUT2D eigenvalue weighted by Crippen LogP contribution is 2.29. The lowest BCUT2D eigenvalue weighted by Crippen LogP contribution is -2.28. The fourth-order valence-electron chi connectivity index (χ4n) is 3.13. The van der Waals surface area contributed by atoms with E-state index in [0.717, 1.165) is 16.8 Å². The topological polar surface area (TPSA) is 75.7 Å². The molecule has 0 unspecified atom stereocenters. The summed E-state index contributed by atoms with van der Waals surface area (Å²) < 4.78 is 5.11. The summed E-state index contributed by atoms with van der Waals surface area (Å²) in [5, 5.41) is 3.25. The third-order valence-electron chi connectivity index (χ3n) is 4.66. The molecule has 8 heteroatoms. The number of aryl methyl sites for hydroxylation is 2. The molecule has 0 aliphatic carbocycles. The minimum absolute atomic E-state index is 0.0562. The van der Waals surface area contributed by atoms with Crippen LogP contribution in [0.5, 0.6) is 0 Å². The normalized spacial score (nSPS) is 16.1. The minimum Gasteiger partial charge on any atom is -0.455 e. The summed E-state index contributed by atoms with van der Waals surface area (Å²) in [4.78, 5) is 38.4. The quantitative estimate of drug-likeness (QED) is 0.717. The Labute approximate surface area is 178 Å². The van der Waals surface area contributed by atoms with Gasteiger partial charge in [-0.1, -0.05) is 35.3 Å². The molecule has 6 nitrogen and oxygen atoms in total. The van der Waals surface area contributed by atoms with E-state index in [1.54, 1.807) is 17.0 Å². The Kier molecular flexibility index (Phi) is 6.45. The molecular formula is C21H20Cl2N2O4. The second-order valence-electron chi connectivity index (χ2n) is 6.98. The highest BCUT2D eigenvalue weighted by atomic mass is 35.5. The van der Waals surface area contributed by atoms with Crippen LogP contribution < -0.4 is 10.2 Å². The fraction of sp³-hybridized carbons (Fsp3) is 0.286. The number of carbonyl (C=O) groups is 3. The molecule has 0 spiro atoms. The zero-order chi connectivity index (χ0) is 21.1. The van der Waals surface area contributed by atoms with Crippen LogP contribution in [0, 0.1) is 19.8 Å². The maximum Gasteiger partial charge on any atom is 0.311 e. The maximum atomic E-state index is 12.4. The van der Waals surface area contributed by atoms with Gasteiger partial charge in [-0.25, -0.2) is 0 Å². The summed E-state index contributed by atoms with van der Waals surface area (Å²) in [6, 6.07) is 10.5. The monoisotopic (exact) mass is 434 g/mol. The number of nitrogens with zero attached hydrogens (tertiary/aromatic N) is 1. The van der Waals surface area contributed by atoms with Crippen molar-refractivity contribution in [2.45, 2.75) is 20.3 Å². The van der Waals surface area contributed by atoms with Crippen molar-refractivity contribution in [3.05, 3.63) is 57.6 Å². The van der Waals surface area contributed by atoms with Gasteiger partial charge in [-0.2, -0.15) is 0 Å². The fourth-order valence-corrected chi connectivity index (χ4v) is 3.43. The zero-order valence-electron chi connectivity index (χ0n) is 16.0. The van der Waals surface area contributed by atoms with Crippen molar-refractivity contribution in [1.29, 1.82) is 0 Å². The smallest absolute Gasteiger partial charge is 0.311 e. The van der Waals surface area contributed by atoms with Gasteiger partial charge >= 0.3 is 5.97 Å². The second kappa shape index (κ2) is 8.84. The van der Waals surface area contributed by atoms with E-state index in [0.29, 0.717) is 15.7 Å². The van der Waals surface area contributed by atoms with Crippen LogP contribution in [0.2, 0.25) is 10.0 Å². The first-order valence-electron chi connectivity index (χ1n) is 9.03. The van der Waals surface area contributed by atoms with Crippen LogP contribution in [-0.2, 0) is 19.1 Å². The number of ether oxygens (including phenoxy) is 1. The molecule has 29 heavy (non-hydrogen) atoms.